The monoisotopic (exact) mass is 558 g/mol. The molecule has 0 spiro atoms. The third-order valence-corrected chi connectivity index (χ3v) is 7.18. The summed E-state index contributed by atoms with van der Waals surface area (Å²) in [6.45, 7) is 5.70. The molecule has 42 heavy (non-hydrogen) atoms. The summed E-state index contributed by atoms with van der Waals surface area (Å²) in [5.41, 5.74) is 6.00. The van der Waals surface area contributed by atoms with E-state index in [-0.39, 0.29) is 0 Å². The average molecular weight is 559 g/mol. The molecule has 6 aromatic rings. The number of nitrogens with one attached hydrogen (secondary N) is 2. The highest BCUT2D eigenvalue weighted by molar-refractivity contribution is 5.94. The first kappa shape index (κ1) is 27.4. The summed E-state index contributed by atoms with van der Waals surface area (Å²) < 4.78 is 11.6. The van der Waals surface area contributed by atoms with E-state index in [0.717, 1.165) is 70.7 Å². The number of benzene rings is 4. The second-order valence-electron chi connectivity index (χ2n) is 10.2. The number of fused-ring (bicyclic) bond motifs is 2. The zero-order chi connectivity index (χ0) is 28.7. The van der Waals surface area contributed by atoms with Gasteiger partial charge >= 0.3 is 0 Å². The van der Waals surface area contributed by atoms with Crippen LogP contribution in [0.5, 0.6) is 5.75 Å². The lowest BCUT2D eigenvalue weighted by Gasteiger charge is -2.17. The Bertz CT molecular complexity index is 1770. The topological polar surface area (TPSA) is 88.2 Å². The molecule has 0 saturated carbocycles. The van der Waals surface area contributed by atoms with Gasteiger partial charge in [0.2, 0.25) is 0 Å². The molecular weight excluding hydrogens is 524 g/mol. The molecular formula is C34H34N6O2. The molecule has 0 radical (unpaired) electrons. The minimum Gasteiger partial charge on any atom is -0.492 e. The standard InChI is InChI=1S/C34H34N6O2/c1-3-41-19-17-40(2)18-20-42-29-14-16-32-30(22-29)34(36-28-13-15-31-27(21-28)23-35-39-31)38-33(37-32)26-11-9-25(10-12-26)24-7-5-4-6-8-24/h4-16,21-23H,3,17-20H2,1-2H3,(H,35,39)(H,36,37,38). The van der Waals surface area contributed by atoms with Crippen LogP contribution in [0.1, 0.15) is 6.92 Å². The summed E-state index contributed by atoms with van der Waals surface area (Å²) in [6.07, 6.45) is 1.82. The Labute approximate surface area is 245 Å². The molecule has 6 rings (SSSR count). The summed E-state index contributed by atoms with van der Waals surface area (Å²) in [7, 11) is 2.07. The maximum Gasteiger partial charge on any atom is 0.162 e. The van der Waals surface area contributed by atoms with Gasteiger partial charge in [-0.05, 0) is 61.5 Å². The Hall–Kier alpha value is -4.79. The largest absolute Gasteiger partial charge is 0.492 e. The number of anilines is 2. The number of hydrogen-bond donors (Lipinski definition) is 2. The van der Waals surface area contributed by atoms with Crippen LogP contribution in [-0.2, 0) is 4.74 Å². The molecule has 0 bridgehead atoms. The van der Waals surface area contributed by atoms with Gasteiger partial charge in [-0.15, -0.1) is 0 Å². The van der Waals surface area contributed by atoms with Crippen molar-refractivity contribution in [3.05, 3.63) is 97.2 Å². The molecule has 8 heteroatoms. The van der Waals surface area contributed by atoms with Gasteiger partial charge in [-0.3, -0.25) is 5.10 Å². The number of aromatic nitrogens is 4. The highest BCUT2D eigenvalue weighted by atomic mass is 16.5. The van der Waals surface area contributed by atoms with E-state index in [1.54, 1.807) is 0 Å². The molecule has 2 heterocycles. The quantitative estimate of drug-likeness (QED) is 0.157. The number of hydrogen-bond acceptors (Lipinski definition) is 7. The van der Waals surface area contributed by atoms with Gasteiger partial charge in [0, 0.05) is 41.7 Å². The van der Waals surface area contributed by atoms with Crippen LogP contribution < -0.4 is 10.1 Å². The summed E-state index contributed by atoms with van der Waals surface area (Å²) in [4.78, 5) is 12.1. The Morgan fingerprint density at radius 3 is 2.43 bits per heavy atom. The first-order chi connectivity index (χ1) is 20.7. The fourth-order valence-electron chi connectivity index (χ4n) is 4.82. The van der Waals surface area contributed by atoms with E-state index in [2.05, 4.69) is 69.9 Å². The third-order valence-electron chi connectivity index (χ3n) is 7.18. The zero-order valence-corrected chi connectivity index (χ0v) is 23.9. The number of rotatable bonds is 12. The number of H-pyrrole nitrogens is 1. The normalized spacial score (nSPS) is 11.4. The average Bonchev–Trinajstić information content (AvgIpc) is 3.50. The van der Waals surface area contributed by atoms with Crippen molar-refractivity contribution in [1.82, 2.24) is 25.1 Å². The van der Waals surface area contributed by atoms with E-state index < -0.39 is 0 Å². The Morgan fingerprint density at radius 2 is 1.60 bits per heavy atom. The molecule has 8 nitrogen and oxygen atoms in total. The molecule has 0 aliphatic heterocycles. The van der Waals surface area contributed by atoms with E-state index in [1.807, 2.05) is 61.7 Å². The van der Waals surface area contributed by atoms with Crippen LogP contribution >= 0.6 is 0 Å². The van der Waals surface area contributed by atoms with Gasteiger partial charge in [0.05, 0.1) is 23.8 Å². The fourth-order valence-corrected chi connectivity index (χ4v) is 4.82. The third kappa shape index (κ3) is 6.40. The van der Waals surface area contributed by atoms with Gasteiger partial charge < -0.3 is 19.7 Å². The fraction of sp³-hybridized carbons (Fsp3) is 0.206. The van der Waals surface area contributed by atoms with Crippen molar-refractivity contribution in [3.63, 3.8) is 0 Å². The van der Waals surface area contributed by atoms with Gasteiger partial charge in [0.1, 0.15) is 18.2 Å². The van der Waals surface area contributed by atoms with Crippen molar-refractivity contribution in [2.24, 2.45) is 0 Å². The highest BCUT2D eigenvalue weighted by Gasteiger charge is 2.13. The van der Waals surface area contributed by atoms with Gasteiger partial charge in [0.15, 0.2) is 5.82 Å². The predicted molar refractivity (Wildman–Crippen MR) is 169 cm³/mol. The maximum atomic E-state index is 6.14. The minimum atomic E-state index is 0.570. The zero-order valence-electron chi connectivity index (χ0n) is 23.9. The number of ether oxygens (including phenoxy) is 2. The second-order valence-corrected chi connectivity index (χ2v) is 10.2. The molecule has 0 atom stereocenters. The number of nitrogens with zero attached hydrogens (tertiary/aromatic N) is 4. The Balaban J connectivity index is 1.29. The van der Waals surface area contributed by atoms with Gasteiger partial charge in [0.25, 0.3) is 0 Å². The summed E-state index contributed by atoms with van der Waals surface area (Å²) in [6, 6.07) is 30.8. The predicted octanol–water partition coefficient (Wildman–Crippen LogP) is 6.93. The molecule has 0 unspecified atom stereocenters. The molecule has 0 amide bonds. The molecule has 0 saturated heterocycles. The molecule has 0 aliphatic carbocycles. The number of aromatic amines is 1. The van der Waals surface area contributed by atoms with E-state index >= 15 is 0 Å². The number of likely N-dealkylation sites (N-methyl/N-ethyl adjacent to an activating group) is 1. The molecule has 2 aromatic heterocycles. The first-order valence-corrected chi connectivity index (χ1v) is 14.2. The van der Waals surface area contributed by atoms with Crippen LogP contribution in [0.25, 0.3) is 44.3 Å². The lowest BCUT2D eigenvalue weighted by Crippen LogP contribution is -2.27. The summed E-state index contributed by atoms with van der Waals surface area (Å²) >= 11 is 0. The van der Waals surface area contributed by atoms with E-state index in [0.29, 0.717) is 18.2 Å². The van der Waals surface area contributed by atoms with Gasteiger partial charge in [-0.25, -0.2) is 9.97 Å². The molecule has 2 N–H and O–H groups in total. The van der Waals surface area contributed by atoms with Gasteiger partial charge in [-0.1, -0.05) is 54.6 Å². The van der Waals surface area contributed by atoms with Crippen molar-refractivity contribution in [2.75, 3.05) is 45.3 Å². The maximum absolute atomic E-state index is 6.14. The van der Waals surface area contributed by atoms with Crippen LogP contribution in [0.3, 0.4) is 0 Å². The lowest BCUT2D eigenvalue weighted by molar-refractivity contribution is 0.116. The molecule has 0 aliphatic rings. The van der Waals surface area contributed by atoms with Crippen molar-refractivity contribution >= 4 is 33.3 Å². The first-order valence-electron chi connectivity index (χ1n) is 14.2. The Kier molecular flexibility index (Phi) is 8.35. The van der Waals surface area contributed by atoms with E-state index in [9.17, 15) is 0 Å². The van der Waals surface area contributed by atoms with Crippen molar-refractivity contribution < 1.29 is 9.47 Å². The second kappa shape index (κ2) is 12.8. The smallest absolute Gasteiger partial charge is 0.162 e. The van der Waals surface area contributed by atoms with Crippen LogP contribution in [0.15, 0.2) is 97.2 Å². The van der Waals surface area contributed by atoms with Crippen molar-refractivity contribution in [2.45, 2.75) is 6.92 Å². The van der Waals surface area contributed by atoms with E-state index in [4.69, 9.17) is 19.4 Å². The summed E-state index contributed by atoms with van der Waals surface area (Å²) in [5, 5.41) is 12.6. The van der Waals surface area contributed by atoms with Crippen LogP contribution in [0.4, 0.5) is 11.5 Å². The van der Waals surface area contributed by atoms with Crippen LogP contribution in [0, 0.1) is 0 Å². The Morgan fingerprint density at radius 1 is 0.810 bits per heavy atom. The minimum absolute atomic E-state index is 0.570. The van der Waals surface area contributed by atoms with Crippen LogP contribution in [-0.4, -0.2) is 65.0 Å². The molecule has 0 fully saturated rings. The van der Waals surface area contributed by atoms with E-state index in [1.165, 1.54) is 5.56 Å². The summed E-state index contributed by atoms with van der Waals surface area (Å²) in [5.74, 6) is 2.14. The lowest BCUT2D eigenvalue weighted by atomic mass is 10.0. The van der Waals surface area contributed by atoms with Crippen LogP contribution in [0.2, 0.25) is 0 Å². The van der Waals surface area contributed by atoms with Gasteiger partial charge in [-0.2, -0.15) is 5.10 Å². The SMILES string of the molecule is CCOCCN(C)CCOc1ccc2nc(-c3ccc(-c4ccccc4)cc3)nc(Nc3ccc4[nH]ncc4c3)c2c1. The van der Waals surface area contributed by atoms with Crippen molar-refractivity contribution in [1.29, 1.82) is 0 Å². The molecule has 212 valence electrons. The van der Waals surface area contributed by atoms with Crippen molar-refractivity contribution in [3.8, 4) is 28.3 Å². The highest BCUT2D eigenvalue weighted by Crippen LogP contribution is 2.32. The molecule has 4 aromatic carbocycles.